The van der Waals surface area contributed by atoms with Gasteiger partial charge >= 0.3 is 7.60 Å². The number of nitrogens with zero attached hydrogens (tertiary/aromatic N) is 1. The van der Waals surface area contributed by atoms with Crippen LogP contribution < -0.4 is 0 Å². The van der Waals surface area contributed by atoms with Crippen LogP contribution in [-0.4, -0.2) is 43.9 Å². The van der Waals surface area contributed by atoms with Gasteiger partial charge in [-0.05, 0) is 51.1 Å². The molecule has 0 aliphatic carbocycles. The van der Waals surface area contributed by atoms with E-state index in [9.17, 15) is 4.57 Å². The van der Waals surface area contributed by atoms with Crippen LogP contribution in [0.15, 0.2) is 0 Å². The minimum absolute atomic E-state index is 0.522. The third-order valence-corrected chi connectivity index (χ3v) is 5.55. The van der Waals surface area contributed by atoms with Crippen molar-refractivity contribution in [2.24, 2.45) is 5.92 Å². The summed E-state index contributed by atoms with van der Waals surface area (Å²) in [5.41, 5.74) is 0. The molecular weight excluding hydrogens is 261 g/mol. The molecule has 0 spiro atoms. The summed E-state index contributed by atoms with van der Waals surface area (Å²) < 4.78 is 23.1. The first-order chi connectivity index (χ1) is 9.12. The maximum Gasteiger partial charge on any atom is 0.327 e. The molecule has 2 rings (SSSR count). The Balaban J connectivity index is 1.82. The van der Waals surface area contributed by atoms with Gasteiger partial charge in [-0.2, -0.15) is 0 Å². The second-order valence-corrected chi connectivity index (χ2v) is 7.96. The topological polar surface area (TPSA) is 38.8 Å². The first-order valence-corrected chi connectivity index (χ1v) is 9.72. The lowest BCUT2D eigenvalue weighted by Gasteiger charge is -2.44. The smallest absolute Gasteiger partial charge is 0.309 e. The van der Waals surface area contributed by atoms with Crippen molar-refractivity contribution in [3.05, 3.63) is 0 Å². The van der Waals surface area contributed by atoms with Gasteiger partial charge in [-0.1, -0.05) is 13.3 Å². The van der Waals surface area contributed by atoms with Gasteiger partial charge in [0.2, 0.25) is 0 Å². The Bertz CT molecular complexity index is 322. The van der Waals surface area contributed by atoms with Crippen molar-refractivity contribution in [2.45, 2.75) is 51.5 Å². The molecule has 4 nitrogen and oxygen atoms in total. The molecule has 2 saturated heterocycles. The van der Waals surface area contributed by atoms with Crippen molar-refractivity contribution in [2.75, 3.05) is 33.0 Å². The average Bonchev–Trinajstić information content (AvgIpc) is 2.43. The molecule has 0 bridgehead atoms. The molecule has 0 aromatic carbocycles. The molecule has 0 saturated carbocycles. The molecular formula is C14H28NO3P. The SMILES string of the molecule is CCCOP(C)(=O)OCC1CCCN2CCCCC12. The highest BCUT2D eigenvalue weighted by Crippen LogP contribution is 2.45. The Kier molecular flexibility index (Phi) is 5.88. The van der Waals surface area contributed by atoms with Gasteiger partial charge in [-0.15, -0.1) is 0 Å². The van der Waals surface area contributed by atoms with Crippen molar-refractivity contribution in [3.63, 3.8) is 0 Å². The Hall–Kier alpha value is 0.110. The normalized spacial score (nSPS) is 31.7. The van der Waals surface area contributed by atoms with Crippen molar-refractivity contribution in [1.82, 2.24) is 4.90 Å². The fraction of sp³-hybridized carbons (Fsp3) is 1.00. The van der Waals surface area contributed by atoms with Crippen LogP contribution in [0.25, 0.3) is 0 Å². The van der Waals surface area contributed by atoms with Crippen LogP contribution in [0.4, 0.5) is 0 Å². The van der Waals surface area contributed by atoms with E-state index in [4.69, 9.17) is 9.05 Å². The highest BCUT2D eigenvalue weighted by atomic mass is 31.2. The summed E-state index contributed by atoms with van der Waals surface area (Å²) >= 11 is 0. The third kappa shape index (κ3) is 4.56. The minimum Gasteiger partial charge on any atom is -0.309 e. The molecule has 5 heteroatoms. The predicted octanol–water partition coefficient (Wildman–Crippen LogP) is 3.52. The maximum absolute atomic E-state index is 12.1. The van der Waals surface area contributed by atoms with Gasteiger partial charge in [-0.3, -0.25) is 4.57 Å². The van der Waals surface area contributed by atoms with Crippen molar-refractivity contribution in [3.8, 4) is 0 Å². The van der Waals surface area contributed by atoms with E-state index < -0.39 is 7.60 Å². The van der Waals surface area contributed by atoms with Crippen LogP contribution in [0.5, 0.6) is 0 Å². The molecule has 0 N–H and O–H groups in total. The molecule has 2 heterocycles. The van der Waals surface area contributed by atoms with E-state index in [2.05, 4.69) is 4.90 Å². The monoisotopic (exact) mass is 289 g/mol. The van der Waals surface area contributed by atoms with Crippen LogP contribution in [0.3, 0.4) is 0 Å². The molecule has 19 heavy (non-hydrogen) atoms. The minimum atomic E-state index is -2.84. The van der Waals surface area contributed by atoms with Crippen LogP contribution in [0.1, 0.15) is 45.4 Å². The van der Waals surface area contributed by atoms with Crippen molar-refractivity contribution < 1.29 is 13.6 Å². The lowest BCUT2D eigenvalue weighted by molar-refractivity contribution is 0.0329. The maximum atomic E-state index is 12.1. The van der Waals surface area contributed by atoms with E-state index in [1.807, 2.05) is 6.92 Å². The van der Waals surface area contributed by atoms with Crippen LogP contribution >= 0.6 is 7.60 Å². The van der Waals surface area contributed by atoms with E-state index in [1.54, 1.807) is 6.66 Å². The zero-order valence-electron chi connectivity index (χ0n) is 12.3. The van der Waals surface area contributed by atoms with E-state index in [0.29, 0.717) is 25.2 Å². The fourth-order valence-corrected chi connectivity index (χ4v) is 4.35. The highest BCUT2D eigenvalue weighted by molar-refractivity contribution is 7.52. The van der Waals surface area contributed by atoms with E-state index in [0.717, 1.165) is 6.42 Å². The Morgan fingerprint density at radius 1 is 1.16 bits per heavy atom. The Labute approximate surface area is 117 Å². The van der Waals surface area contributed by atoms with Crippen molar-refractivity contribution >= 4 is 7.60 Å². The number of fused-ring (bicyclic) bond motifs is 1. The summed E-state index contributed by atoms with van der Waals surface area (Å²) in [7, 11) is -2.84. The summed E-state index contributed by atoms with van der Waals surface area (Å²) in [5, 5.41) is 0. The number of rotatable bonds is 6. The first-order valence-electron chi connectivity index (χ1n) is 7.73. The van der Waals surface area contributed by atoms with E-state index in [1.165, 1.54) is 45.2 Å². The largest absolute Gasteiger partial charge is 0.327 e. The molecule has 3 unspecified atom stereocenters. The van der Waals surface area contributed by atoms with Gasteiger partial charge in [0.25, 0.3) is 0 Å². The van der Waals surface area contributed by atoms with E-state index >= 15 is 0 Å². The number of hydrogen-bond acceptors (Lipinski definition) is 4. The molecule has 112 valence electrons. The highest BCUT2D eigenvalue weighted by Gasteiger charge is 2.34. The van der Waals surface area contributed by atoms with Gasteiger partial charge in [0, 0.05) is 12.7 Å². The van der Waals surface area contributed by atoms with E-state index in [-0.39, 0.29) is 0 Å². The molecule has 2 aliphatic heterocycles. The van der Waals surface area contributed by atoms with Gasteiger partial charge in [0.1, 0.15) is 0 Å². The molecule has 3 atom stereocenters. The Morgan fingerprint density at radius 2 is 1.95 bits per heavy atom. The number of piperidine rings is 2. The molecule has 2 fully saturated rings. The van der Waals surface area contributed by atoms with Crippen LogP contribution in [0.2, 0.25) is 0 Å². The quantitative estimate of drug-likeness (QED) is 0.701. The van der Waals surface area contributed by atoms with Crippen LogP contribution in [-0.2, 0) is 13.6 Å². The summed E-state index contributed by atoms with van der Waals surface area (Å²) in [6, 6.07) is 0.647. The Morgan fingerprint density at radius 3 is 2.74 bits per heavy atom. The zero-order valence-corrected chi connectivity index (χ0v) is 13.2. The van der Waals surface area contributed by atoms with Gasteiger partial charge in [0.15, 0.2) is 0 Å². The molecule has 0 aromatic rings. The lowest BCUT2D eigenvalue weighted by Crippen LogP contribution is -2.49. The van der Waals surface area contributed by atoms with Gasteiger partial charge < -0.3 is 13.9 Å². The summed E-state index contributed by atoms with van der Waals surface area (Å²) in [5.74, 6) is 0.535. The molecule has 2 aliphatic rings. The van der Waals surface area contributed by atoms with Gasteiger partial charge in [-0.25, -0.2) is 0 Å². The average molecular weight is 289 g/mol. The summed E-state index contributed by atoms with van der Waals surface area (Å²) in [6.45, 7) is 7.20. The second-order valence-electron chi connectivity index (χ2n) is 5.90. The second kappa shape index (κ2) is 7.21. The zero-order chi connectivity index (χ0) is 13.7. The summed E-state index contributed by atoms with van der Waals surface area (Å²) in [4.78, 5) is 2.61. The molecule has 0 amide bonds. The third-order valence-electron chi connectivity index (χ3n) is 4.28. The summed E-state index contributed by atoms with van der Waals surface area (Å²) in [6.07, 6.45) is 7.26. The number of hydrogen-bond donors (Lipinski definition) is 0. The molecule has 0 radical (unpaired) electrons. The fourth-order valence-electron chi connectivity index (χ4n) is 3.30. The first kappa shape index (κ1) is 15.5. The lowest BCUT2D eigenvalue weighted by atomic mass is 9.84. The van der Waals surface area contributed by atoms with Gasteiger partial charge in [0.05, 0.1) is 13.2 Å². The standard InChI is InChI=1S/C14H28NO3P/c1-3-11-17-19(2,16)18-12-13-7-6-10-15-9-5-4-8-14(13)15/h13-14H,3-12H2,1-2H3. The predicted molar refractivity (Wildman–Crippen MR) is 77.7 cm³/mol. The van der Waals surface area contributed by atoms with Crippen LogP contribution in [0, 0.1) is 5.92 Å². The molecule has 0 aromatic heterocycles. The van der Waals surface area contributed by atoms with Crippen molar-refractivity contribution in [1.29, 1.82) is 0 Å².